The fourth-order valence-corrected chi connectivity index (χ4v) is 5.91. The van der Waals surface area contributed by atoms with Gasteiger partial charge < -0.3 is 16.0 Å². The summed E-state index contributed by atoms with van der Waals surface area (Å²) in [7, 11) is 0. The highest BCUT2D eigenvalue weighted by molar-refractivity contribution is 8.00. The lowest BCUT2D eigenvalue weighted by Gasteiger charge is -2.13. The van der Waals surface area contributed by atoms with Crippen LogP contribution in [-0.2, 0) is 22.4 Å². The molecule has 170 valence electrons. The quantitative estimate of drug-likeness (QED) is 0.387. The molecule has 8 heteroatoms. The number of hydrogen-bond donors (Lipinski definition) is 3. The normalized spacial score (nSPS) is 12.5. The summed E-state index contributed by atoms with van der Waals surface area (Å²) in [5.41, 5.74) is 3.03. The van der Waals surface area contributed by atoms with Gasteiger partial charge in [0.15, 0.2) is 0 Å². The highest BCUT2D eigenvalue weighted by Gasteiger charge is 2.26. The molecule has 0 atom stereocenters. The van der Waals surface area contributed by atoms with E-state index in [-0.39, 0.29) is 23.5 Å². The third kappa shape index (κ3) is 5.83. The minimum Gasteiger partial charge on any atom is -0.325 e. The second-order valence-electron chi connectivity index (χ2n) is 7.75. The number of thiophene rings is 1. The lowest BCUT2D eigenvalue weighted by Crippen LogP contribution is -2.19. The first kappa shape index (κ1) is 23.1. The first-order valence-corrected chi connectivity index (χ1v) is 12.6. The number of anilines is 3. The number of hydrogen-bond acceptors (Lipinski definition) is 5. The van der Waals surface area contributed by atoms with Crippen LogP contribution in [0.1, 0.15) is 40.6 Å². The van der Waals surface area contributed by atoms with Crippen LogP contribution in [-0.4, -0.2) is 23.5 Å². The van der Waals surface area contributed by atoms with Crippen molar-refractivity contribution >= 4 is 57.2 Å². The molecule has 3 amide bonds. The molecular formula is C25H25N3O3S2. The Bertz CT molecular complexity index is 1170. The summed E-state index contributed by atoms with van der Waals surface area (Å²) in [5.74, 6) is -0.380. The predicted molar refractivity (Wildman–Crippen MR) is 135 cm³/mol. The smallest absolute Gasteiger partial charge is 0.258 e. The number of benzene rings is 2. The number of carbonyl (C=O) groups excluding carboxylic acids is 3. The number of carbonyl (C=O) groups is 3. The molecule has 1 aliphatic carbocycles. The molecule has 33 heavy (non-hydrogen) atoms. The summed E-state index contributed by atoms with van der Waals surface area (Å²) in [6.07, 6.45) is 3.91. The van der Waals surface area contributed by atoms with Gasteiger partial charge in [-0.1, -0.05) is 30.3 Å². The Balaban J connectivity index is 1.50. The van der Waals surface area contributed by atoms with E-state index in [1.165, 1.54) is 34.9 Å². The summed E-state index contributed by atoms with van der Waals surface area (Å²) in [6.45, 7) is 1.45. The Hall–Kier alpha value is -3.10. The molecule has 0 radical (unpaired) electrons. The number of amides is 3. The van der Waals surface area contributed by atoms with E-state index < -0.39 is 0 Å². The number of fused-ring (bicyclic) bond motifs is 1. The molecule has 0 saturated carbocycles. The van der Waals surface area contributed by atoms with Gasteiger partial charge in [0.2, 0.25) is 11.8 Å². The second-order valence-corrected chi connectivity index (χ2v) is 9.87. The van der Waals surface area contributed by atoms with Gasteiger partial charge in [0.25, 0.3) is 5.91 Å². The van der Waals surface area contributed by atoms with Crippen LogP contribution in [0.2, 0.25) is 0 Å². The van der Waals surface area contributed by atoms with Gasteiger partial charge in [-0.2, -0.15) is 0 Å². The van der Waals surface area contributed by atoms with Crippen LogP contribution in [0.5, 0.6) is 0 Å². The summed E-state index contributed by atoms with van der Waals surface area (Å²) < 4.78 is 0. The van der Waals surface area contributed by atoms with Crippen molar-refractivity contribution < 1.29 is 14.4 Å². The van der Waals surface area contributed by atoms with Gasteiger partial charge in [0, 0.05) is 22.4 Å². The van der Waals surface area contributed by atoms with Crippen molar-refractivity contribution in [3.05, 3.63) is 70.6 Å². The number of nitrogens with one attached hydrogen (secondary N) is 3. The number of aryl methyl sites for hydroxylation is 1. The summed E-state index contributed by atoms with van der Waals surface area (Å²) in [5, 5.41) is 9.33. The maximum Gasteiger partial charge on any atom is 0.258 e. The fraction of sp³-hybridized carbons (Fsp3) is 0.240. The number of rotatable bonds is 7. The Kier molecular flexibility index (Phi) is 7.47. The molecule has 0 spiro atoms. The van der Waals surface area contributed by atoms with Crippen LogP contribution < -0.4 is 16.0 Å². The van der Waals surface area contributed by atoms with E-state index in [1.807, 2.05) is 48.5 Å². The largest absolute Gasteiger partial charge is 0.325 e. The highest BCUT2D eigenvalue weighted by Crippen LogP contribution is 2.39. The van der Waals surface area contributed by atoms with Crippen molar-refractivity contribution in [1.82, 2.24) is 0 Å². The fourth-order valence-electron chi connectivity index (χ4n) is 3.80. The van der Waals surface area contributed by atoms with E-state index in [1.54, 1.807) is 6.07 Å². The van der Waals surface area contributed by atoms with Crippen LogP contribution in [0.4, 0.5) is 16.4 Å². The van der Waals surface area contributed by atoms with E-state index in [9.17, 15) is 14.4 Å². The van der Waals surface area contributed by atoms with Crippen molar-refractivity contribution in [3.63, 3.8) is 0 Å². The van der Waals surface area contributed by atoms with E-state index in [4.69, 9.17) is 0 Å². The zero-order chi connectivity index (χ0) is 23.2. The number of thioether (sulfide) groups is 1. The average molecular weight is 480 g/mol. The van der Waals surface area contributed by atoms with Gasteiger partial charge in [-0.15, -0.1) is 23.1 Å². The average Bonchev–Trinajstić information content (AvgIpc) is 3.16. The molecular weight excluding hydrogens is 454 g/mol. The minimum absolute atomic E-state index is 0.161. The van der Waals surface area contributed by atoms with E-state index >= 15 is 0 Å². The molecule has 2 aromatic carbocycles. The van der Waals surface area contributed by atoms with Crippen molar-refractivity contribution in [2.45, 2.75) is 37.5 Å². The van der Waals surface area contributed by atoms with Gasteiger partial charge in [-0.05, 0) is 55.5 Å². The van der Waals surface area contributed by atoms with Crippen LogP contribution in [0.25, 0.3) is 0 Å². The second kappa shape index (κ2) is 10.7. The van der Waals surface area contributed by atoms with Crippen LogP contribution in [0.15, 0.2) is 59.5 Å². The van der Waals surface area contributed by atoms with Gasteiger partial charge >= 0.3 is 0 Å². The van der Waals surface area contributed by atoms with E-state index in [2.05, 4.69) is 16.0 Å². The van der Waals surface area contributed by atoms with Gasteiger partial charge in [0.05, 0.1) is 17.0 Å². The Morgan fingerprint density at radius 2 is 1.64 bits per heavy atom. The Morgan fingerprint density at radius 1 is 0.909 bits per heavy atom. The maximum atomic E-state index is 13.2. The van der Waals surface area contributed by atoms with Gasteiger partial charge in [-0.25, -0.2) is 0 Å². The molecule has 4 rings (SSSR count). The maximum absolute atomic E-state index is 13.2. The van der Waals surface area contributed by atoms with Crippen LogP contribution >= 0.6 is 23.1 Å². The lowest BCUT2D eigenvalue weighted by molar-refractivity contribution is -0.114. The van der Waals surface area contributed by atoms with E-state index in [0.29, 0.717) is 16.3 Å². The highest BCUT2D eigenvalue weighted by atomic mass is 32.2. The van der Waals surface area contributed by atoms with Crippen LogP contribution in [0, 0.1) is 0 Å². The molecule has 1 heterocycles. The SMILES string of the molecule is CC(=O)Nc1ccccc1SCC(=O)Nc1sc2c(c1C(=O)Nc1ccccc1)CCCC2. The standard InChI is InChI=1S/C25H25N3O3S2/c1-16(29)26-19-12-6-8-14-21(19)32-15-22(30)28-25-23(18-11-5-7-13-20(18)33-25)24(31)27-17-9-3-2-4-10-17/h2-4,6,8-10,12,14H,5,7,11,13,15H2,1H3,(H,26,29)(H,27,31)(H,28,30). The molecule has 1 aromatic heterocycles. The number of para-hydroxylation sites is 2. The topological polar surface area (TPSA) is 87.3 Å². The lowest BCUT2D eigenvalue weighted by atomic mass is 9.95. The van der Waals surface area contributed by atoms with Crippen molar-refractivity contribution in [2.75, 3.05) is 21.7 Å². The van der Waals surface area contributed by atoms with Crippen molar-refractivity contribution in [3.8, 4) is 0 Å². The zero-order valence-corrected chi connectivity index (χ0v) is 19.9. The molecule has 3 aromatic rings. The molecule has 6 nitrogen and oxygen atoms in total. The van der Waals surface area contributed by atoms with Gasteiger partial charge in [-0.3, -0.25) is 14.4 Å². The third-order valence-corrected chi connectivity index (χ3v) is 7.52. The molecule has 0 bridgehead atoms. The minimum atomic E-state index is -0.195. The third-order valence-electron chi connectivity index (χ3n) is 5.24. The van der Waals surface area contributed by atoms with Crippen molar-refractivity contribution in [1.29, 1.82) is 0 Å². The first-order valence-electron chi connectivity index (χ1n) is 10.8. The monoisotopic (exact) mass is 479 g/mol. The van der Waals surface area contributed by atoms with Gasteiger partial charge in [0.1, 0.15) is 5.00 Å². The molecule has 1 aliphatic rings. The van der Waals surface area contributed by atoms with Crippen molar-refractivity contribution in [2.24, 2.45) is 0 Å². The summed E-state index contributed by atoms with van der Waals surface area (Å²) in [4.78, 5) is 39.4. The predicted octanol–water partition coefficient (Wildman–Crippen LogP) is 5.57. The molecule has 0 unspecified atom stereocenters. The first-order chi connectivity index (χ1) is 16.0. The van der Waals surface area contributed by atoms with Crippen LogP contribution in [0.3, 0.4) is 0 Å². The summed E-state index contributed by atoms with van der Waals surface area (Å²) in [6, 6.07) is 16.7. The molecule has 0 aliphatic heterocycles. The molecule has 3 N–H and O–H groups in total. The molecule has 0 saturated heterocycles. The Labute approximate surface area is 201 Å². The zero-order valence-electron chi connectivity index (χ0n) is 18.3. The molecule has 0 fully saturated rings. The van der Waals surface area contributed by atoms with E-state index in [0.717, 1.165) is 41.8 Å². The Morgan fingerprint density at radius 3 is 2.42 bits per heavy atom. The summed E-state index contributed by atoms with van der Waals surface area (Å²) >= 11 is 2.85.